The molecular weight excluding hydrogens is 244 g/mol. The van der Waals surface area contributed by atoms with Crippen LogP contribution >= 0.6 is 12.2 Å². The maximum absolute atomic E-state index is 13.5. The van der Waals surface area contributed by atoms with Crippen LogP contribution in [-0.4, -0.2) is 15.2 Å². The lowest BCUT2D eigenvalue weighted by molar-refractivity contribution is 0.564. The van der Waals surface area contributed by atoms with E-state index < -0.39 is 11.6 Å². The average Bonchev–Trinajstić information content (AvgIpc) is 2.67. The summed E-state index contributed by atoms with van der Waals surface area (Å²) in [5.74, 6) is -0.401. The summed E-state index contributed by atoms with van der Waals surface area (Å²) in [6.45, 7) is 1.81. The van der Waals surface area contributed by atoms with Crippen LogP contribution < -0.4 is 0 Å². The van der Waals surface area contributed by atoms with Gasteiger partial charge in [-0.1, -0.05) is 6.92 Å². The Morgan fingerprint density at radius 1 is 1.35 bits per heavy atom. The molecule has 3 nitrogen and oxygen atoms in total. The second-order valence-electron chi connectivity index (χ2n) is 3.88. The number of halogens is 2. The molecule has 1 aromatic heterocycles. The third kappa shape index (κ3) is 2.76. The van der Waals surface area contributed by atoms with Crippen LogP contribution in [0.5, 0.6) is 0 Å². The van der Waals surface area contributed by atoms with Crippen molar-refractivity contribution in [2.75, 3.05) is 0 Å². The summed E-state index contributed by atoms with van der Waals surface area (Å²) in [4.78, 5) is 4.02. The highest BCUT2D eigenvalue weighted by Crippen LogP contribution is 2.22. The fourth-order valence-electron chi connectivity index (χ4n) is 1.69. The molecule has 0 aliphatic rings. The number of rotatable bonds is 3. The molecule has 0 amide bonds. The highest BCUT2D eigenvalue weighted by atomic mass is 32.1. The summed E-state index contributed by atoms with van der Waals surface area (Å²) in [5, 5.41) is 5.45. The number of aromatic nitrogens is 3. The zero-order valence-electron chi connectivity index (χ0n) is 9.13. The van der Waals surface area contributed by atoms with Gasteiger partial charge < -0.3 is 0 Å². The molecule has 0 aliphatic carbocycles. The molecular formula is C11H11F2N3S. The Balaban J connectivity index is 2.22. The van der Waals surface area contributed by atoms with Crippen molar-refractivity contribution >= 4 is 12.2 Å². The number of aromatic amines is 2. The molecule has 0 saturated carbocycles. The molecule has 2 aromatic rings. The first-order valence-corrected chi connectivity index (χ1v) is 5.55. The van der Waals surface area contributed by atoms with Crippen molar-refractivity contribution < 1.29 is 8.78 Å². The van der Waals surface area contributed by atoms with E-state index in [0.29, 0.717) is 22.6 Å². The maximum Gasteiger partial charge on any atom is 0.213 e. The third-order valence-corrected chi connectivity index (χ3v) is 2.73. The second-order valence-corrected chi connectivity index (χ2v) is 4.27. The Morgan fingerprint density at radius 3 is 2.76 bits per heavy atom. The highest BCUT2D eigenvalue weighted by molar-refractivity contribution is 7.71. The first-order chi connectivity index (χ1) is 8.06. The lowest BCUT2D eigenvalue weighted by atomic mass is 9.97. The van der Waals surface area contributed by atoms with Crippen molar-refractivity contribution in [2.24, 2.45) is 0 Å². The number of hydrogen-bond acceptors (Lipinski definition) is 2. The van der Waals surface area contributed by atoms with Gasteiger partial charge in [-0.25, -0.2) is 13.8 Å². The number of H-pyrrole nitrogens is 2. The van der Waals surface area contributed by atoms with Gasteiger partial charge >= 0.3 is 0 Å². The molecule has 1 heterocycles. The van der Waals surface area contributed by atoms with Crippen LogP contribution in [0.1, 0.15) is 24.2 Å². The molecule has 0 bridgehead atoms. The predicted octanol–water partition coefficient (Wildman–Crippen LogP) is 3.09. The van der Waals surface area contributed by atoms with Crippen LogP contribution in [0, 0.1) is 16.4 Å². The smallest absolute Gasteiger partial charge is 0.213 e. The molecule has 1 unspecified atom stereocenters. The van der Waals surface area contributed by atoms with E-state index in [2.05, 4.69) is 15.2 Å². The lowest BCUT2D eigenvalue weighted by Gasteiger charge is -2.11. The van der Waals surface area contributed by atoms with Crippen molar-refractivity contribution in [3.8, 4) is 0 Å². The van der Waals surface area contributed by atoms with Crippen molar-refractivity contribution in [1.29, 1.82) is 0 Å². The minimum Gasteiger partial charge on any atom is -0.286 e. The van der Waals surface area contributed by atoms with Crippen LogP contribution in [0.25, 0.3) is 0 Å². The SMILES string of the molecule is CC(Cc1nc(=S)[nH][nH]1)c1cc(F)ccc1F. The second kappa shape index (κ2) is 4.75. The Kier molecular flexibility index (Phi) is 3.33. The van der Waals surface area contributed by atoms with Gasteiger partial charge in [-0.05, 0) is 41.9 Å². The fraction of sp³-hybridized carbons (Fsp3) is 0.273. The van der Waals surface area contributed by atoms with Crippen LogP contribution in [0.3, 0.4) is 0 Å². The van der Waals surface area contributed by atoms with E-state index in [1.54, 1.807) is 0 Å². The Bertz CT molecular complexity index is 576. The predicted molar refractivity (Wildman–Crippen MR) is 62.2 cm³/mol. The topological polar surface area (TPSA) is 44.5 Å². The van der Waals surface area contributed by atoms with Gasteiger partial charge in [-0.15, -0.1) is 0 Å². The van der Waals surface area contributed by atoms with Gasteiger partial charge in [-0.3, -0.25) is 10.2 Å². The van der Waals surface area contributed by atoms with Crippen molar-refractivity contribution in [3.63, 3.8) is 0 Å². The highest BCUT2D eigenvalue weighted by Gasteiger charge is 2.14. The summed E-state index contributed by atoms with van der Waals surface area (Å²) in [5.41, 5.74) is 0.340. The van der Waals surface area contributed by atoms with Crippen molar-refractivity contribution in [2.45, 2.75) is 19.3 Å². The first-order valence-electron chi connectivity index (χ1n) is 5.15. The van der Waals surface area contributed by atoms with Gasteiger partial charge in [0.1, 0.15) is 17.5 Å². The van der Waals surface area contributed by atoms with Gasteiger partial charge in [-0.2, -0.15) is 0 Å². The maximum atomic E-state index is 13.5. The minimum absolute atomic E-state index is 0.181. The molecule has 0 radical (unpaired) electrons. The standard InChI is InChI=1S/C11H11F2N3S/c1-6(4-10-14-11(17)16-15-10)8-5-7(12)2-3-9(8)13/h2-3,5-6H,4H2,1H3,(H2,14,15,16,17). The van der Waals surface area contributed by atoms with E-state index in [-0.39, 0.29) is 5.92 Å². The van der Waals surface area contributed by atoms with E-state index in [1.807, 2.05) is 6.92 Å². The molecule has 1 aromatic carbocycles. The number of nitrogens with one attached hydrogen (secondary N) is 2. The monoisotopic (exact) mass is 255 g/mol. The number of benzene rings is 1. The minimum atomic E-state index is -0.441. The average molecular weight is 255 g/mol. The third-order valence-electron chi connectivity index (χ3n) is 2.54. The van der Waals surface area contributed by atoms with Gasteiger partial charge in [0.25, 0.3) is 0 Å². The Morgan fingerprint density at radius 2 is 2.12 bits per heavy atom. The number of nitrogens with zero attached hydrogens (tertiary/aromatic N) is 1. The Labute approximate surface area is 102 Å². The largest absolute Gasteiger partial charge is 0.286 e. The van der Waals surface area contributed by atoms with E-state index in [1.165, 1.54) is 6.07 Å². The molecule has 0 saturated heterocycles. The molecule has 2 N–H and O–H groups in total. The molecule has 0 fully saturated rings. The zero-order valence-corrected chi connectivity index (χ0v) is 9.94. The summed E-state index contributed by atoms with van der Waals surface area (Å²) in [6, 6.07) is 3.45. The van der Waals surface area contributed by atoms with E-state index in [0.717, 1.165) is 12.1 Å². The van der Waals surface area contributed by atoms with Gasteiger partial charge in [0.15, 0.2) is 0 Å². The summed E-state index contributed by atoms with van der Waals surface area (Å²) >= 11 is 4.82. The molecule has 0 aliphatic heterocycles. The molecule has 0 spiro atoms. The van der Waals surface area contributed by atoms with E-state index >= 15 is 0 Å². The fourth-order valence-corrected chi connectivity index (χ4v) is 1.85. The lowest BCUT2D eigenvalue weighted by Crippen LogP contribution is -2.03. The van der Waals surface area contributed by atoms with Crippen LogP contribution in [-0.2, 0) is 6.42 Å². The molecule has 1 atom stereocenters. The molecule has 2 rings (SSSR count). The Hall–Kier alpha value is -1.56. The summed E-state index contributed by atoms with van der Waals surface area (Å²) in [6.07, 6.45) is 0.466. The molecule has 6 heteroatoms. The molecule has 90 valence electrons. The van der Waals surface area contributed by atoms with Crippen LogP contribution in [0.15, 0.2) is 18.2 Å². The van der Waals surface area contributed by atoms with Gasteiger partial charge in [0, 0.05) is 6.42 Å². The summed E-state index contributed by atoms with van der Waals surface area (Å²) in [7, 11) is 0. The first kappa shape index (κ1) is 11.9. The van der Waals surface area contributed by atoms with Gasteiger partial charge in [0.2, 0.25) is 4.77 Å². The normalized spacial score (nSPS) is 12.6. The van der Waals surface area contributed by atoms with Crippen LogP contribution in [0.2, 0.25) is 0 Å². The van der Waals surface area contributed by atoms with Crippen molar-refractivity contribution in [1.82, 2.24) is 15.2 Å². The van der Waals surface area contributed by atoms with E-state index in [9.17, 15) is 8.78 Å². The zero-order chi connectivity index (χ0) is 12.4. The molecule has 17 heavy (non-hydrogen) atoms. The van der Waals surface area contributed by atoms with Crippen molar-refractivity contribution in [3.05, 3.63) is 46.0 Å². The van der Waals surface area contributed by atoms with Gasteiger partial charge in [0.05, 0.1) is 0 Å². The van der Waals surface area contributed by atoms with E-state index in [4.69, 9.17) is 12.2 Å². The number of hydrogen-bond donors (Lipinski definition) is 2. The quantitative estimate of drug-likeness (QED) is 0.828. The summed E-state index contributed by atoms with van der Waals surface area (Å²) < 4.78 is 26.9. The van der Waals surface area contributed by atoms with Crippen LogP contribution in [0.4, 0.5) is 8.78 Å².